The molecule has 20 heavy (non-hydrogen) atoms. The van der Waals surface area contributed by atoms with Gasteiger partial charge in [0.2, 0.25) is 0 Å². The molecule has 0 aromatic carbocycles. The molecule has 0 bridgehead atoms. The monoisotopic (exact) mass is 264 g/mol. The molecule has 0 saturated heterocycles. The summed E-state index contributed by atoms with van der Waals surface area (Å²) in [6.45, 7) is 0.659. The van der Waals surface area contributed by atoms with Crippen LogP contribution in [0.15, 0.2) is 49.1 Å². The van der Waals surface area contributed by atoms with Gasteiger partial charge < -0.3 is 5.73 Å². The first kappa shape index (κ1) is 11.0. The molecule has 0 aliphatic heterocycles. The molecule has 6 heteroatoms. The molecule has 4 aromatic heterocycles. The second kappa shape index (κ2) is 4.06. The highest BCUT2D eigenvalue weighted by molar-refractivity contribution is 5.85. The molecular formula is C14H12N6. The van der Waals surface area contributed by atoms with Crippen LogP contribution in [0.2, 0.25) is 0 Å². The van der Waals surface area contributed by atoms with Crippen LogP contribution >= 0.6 is 0 Å². The van der Waals surface area contributed by atoms with E-state index >= 15 is 0 Å². The number of aromatic nitrogens is 5. The summed E-state index contributed by atoms with van der Waals surface area (Å²) in [7, 11) is 0. The molecule has 0 aliphatic rings. The SMILES string of the molecule is Nc1ccnc2cn(Cc3cccn4nccc34)nc12. The molecule has 0 saturated carbocycles. The third kappa shape index (κ3) is 1.62. The maximum atomic E-state index is 5.91. The van der Waals surface area contributed by atoms with Crippen molar-refractivity contribution in [2.24, 2.45) is 0 Å². The van der Waals surface area contributed by atoms with E-state index in [4.69, 9.17) is 5.73 Å². The molecule has 6 nitrogen and oxygen atoms in total. The fraction of sp³-hybridized carbons (Fsp3) is 0.0714. The summed E-state index contributed by atoms with van der Waals surface area (Å²) in [5.74, 6) is 0. The van der Waals surface area contributed by atoms with Crippen molar-refractivity contribution in [3.05, 3.63) is 54.6 Å². The molecule has 4 rings (SSSR count). The fourth-order valence-corrected chi connectivity index (χ4v) is 2.39. The van der Waals surface area contributed by atoms with E-state index in [1.807, 2.05) is 33.7 Å². The number of anilines is 1. The highest BCUT2D eigenvalue weighted by Crippen LogP contribution is 2.18. The lowest BCUT2D eigenvalue weighted by Crippen LogP contribution is -2.02. The van der Waals surface area contributed by atoms with Gasteiger partial charge in [-0.25, -0.2) is 4.52 Å². The molecular weight excluding hydrogens is 252 g/mol. The van der Waals surface area contributed by atoms with Crippen LogP contribution in [0.25, 0.3) is 16.6 Å². The molecule has 98 valence electrons. The number of hydrogen-bond acceptors (Lipinski definition) is 4. The molecule has 4 heterocycles. The first-order valence-corrected chi connectivity index (χ1v) is 6.30. The summed E-state index contributed by atoms with van der Waals surface area (Å²) in [5, 5.41) is 8.73. The van der Waals surface area contributed by atoms with Gasteiger partial charge >= 0.3 is 0 Å². The summed E-state index contributed by atoms with van der Waals surface area (Å²) in [6, 6.07) is 7.80. The van der Waals surface area contributed by atoms with Gasteiger partial charge in [0.25, 0.3) is 0 Å². The molecule has 0 fully saturated rings. The van der Waals surface area contributed by atoms with Crippen molar-refractivity contribution < 1.29 is 0 Å². The zero-order valence-electron chi connectivity index (χ0n) is 10.6. The molecule has 0 aliphatic carbocycles. The Balaban J connectivity index is 1.81. The maximum Gasteiger partial charge on any atom is 0.134 e. The van der Waals surface area contributed by atoms with E-state index in [0.29, 0.717) is 12.2 Å². The van der Waals surface area contributed by atoms with Crippen molar-refractivity contribution in [1.82, 2.24) is 24.4 Å². The van der Waals surface area contributed by atoms with Gasteiger partial charge in [0, 0.05) is 18.6 Å². The van der Waals surface area contributed by atoms with Crippen molar-refractivity contribution in [2.75, 3.05) is 5.73 Å². The van der Waals surface area contributed by atoms with Crippen LogP contribution in [0.1, 0.15) is 5.56 Å². The zero-order chi connectivity index (χ0) is 13.5. The summed E-state index contributed by atoms with van der Waals surface area (Å²) in [4.78, 5) is 4.28. The van der Waals surface area contributed by atoms with Gasteiger partial charge in [0.15, 0.2) is 0 Å². The van der Waals surface area contributed by atoms with E-state index in [1.54, 1.807) is 18.5 Å². The molecule has 0 atom stereocenters. The molecule has 2 N–H and O–H groups in total. The first-order valence-electron chi connectivity index (χ1n) is 6.30. The highest BCUT2D eigenvalue weighted by Gasteiger charge is 2.07. The van der Waals surface area contributed by atoms with Gasteiger partial charge in [-0.2, -0.15) is 10.2 Å². The number of pyridine rings is 2. The molecule has 4 aromatic rings. The lowest BCUT2D eigenvalue weighted by molar-refractivity contribution is 0.696. The summed E-state index contributed by atoms with van der Waals surface area (Å²) >= 11 is 0. The van der Waals surface area contributed by atoms with Gasteiger partial charge in [0.1, 0.15) is 11.0 Å². The van der Waals surface area contributed by atoms with Crippen LogP contribution in [-0.2, 0) is 6.54 Å². The van der Waals surface area contributed by atoms with E-state index in [1.165, 1.54) is 0 Å². The van der Waals surface area contributed by atoms with Crippen LogP contribution in [0.4, 0.5) is 5.69 Å². The van der Waals surface area contributed by atoms with Gasteiger partial charge in [0.05, 0.1) is 23.9 Å². The predicted octanol–water partition coefficient (Wildman–Crippen LogP) is 1.71. The van der Waals surface area contributed by atoms with E-state index in [9.17, 15) is 0 Å². The summed E-state index contributed by atoms with van der Waals surface area (Å²) in [6.07, 6.45) is 7.32. The number of rotatable bonds is 2. The third-order valence-electron chi connectivity index (χ3n) is 3.34. The standard InChI is InChI=1S/C14H12N6/c15-11-3-5-16-12-9-19(18-14(11)12)8-10-2-1-7-20-13(10)4-6-17-20/h1-7,9H,8,15H2. The number of nitrogen functional groups attached to an aromatic ring is 1. The largest absolute Gasteiger partial charge is 0.397 e. The first-order chi connectivity index (χ1) is 9.81. The Kier molecular flexibility index (Phi) is 2.23. The summed E-state index contributed by atoms with van der Waals surface area (Å²) in [5.41, 5.74) is 10.3. The molecule has 0 amide bonds. The van der Waals surface area contributed by atoms with Crippen LogP contribution in [0.3, 0.4) is 0 Å². The smallest absolute Gasteiger partial charge is 0.134 e. The average Bonchev–Trinajstić information content (AvgIpc) is 3.06. The van der Waals surface area contributed by atoms with Gasteiger partial charge in [-0.05, 0) is 23.8 Å². The molecule has 0 unspecified atom stereocenters. The van der Waals surface area contributed by atoms with E-state index in [0.717, 1.165) is 22.1 Å². The average molecular weight is 264 g/mol. The number of nitrogens with two attached hydrogens (primary N) is 1. The van der Waals surface area contributed by atoms with E-state index < -0.39 is 0 Å². The summed E-state index contributed by atoms with van der Waals surface area (Å²) < 4.78 is 3.71. The van der Waals surface area contributed by atoms with Crippen LogP contribution < -0.4 is 5.73 Å². The second-order valence-corrected chi connectivity index (χ2v) is 4.66. The Morgan fingerprint density at radius 1 is 1.15 bits per heavy atom. The topological polar surface area (TPSA) is 74.0 Å². The van der Waals surface area contributed by atoms with Gasteiger partial charge in [-0.1, -0.05) is 6.07 Å². The van der Waals surface area contributed by atoms with Crippen LogP contribution in [0.5, 0.6) is 0 Å². The van der Waals surface area contributed by atoms with Crippen molar-refractivity contribution in [2.45, 2.75) is 6.54 Å². The Labute approximate surface area is 114 Å². The second-order valence-electron chi connectivity index (χ2n) is 4.66. The number of hydrogen-bond donors (Lipinski definition) is 1. The van der Waals surface area contributed by atoms with Gasteiger partial charge in [-0.15, -0.1) is 0 Å². The third-order valence-corrected chi connectivity index (χ3v) is 3.34. The highest BCUT2D eigenvalue weighted by atomic mass is 15.3. The minimum atomic E-state index is 0.649. The number of nitrogens with zero attached hydrogens (tertiary/aromatic N) is 5. The Morgan fingerprint density at radius 2 is 2.10 bits per heavy atom. The Morgan fingerprint density at radius 3 is 3.00 bits per heavy atom. The van der Waals surface area contributed by atoms with Crippen molar-refractivity contribution >= 4 is 22.2 Å². The van der Waals surface area contributed by atoms with Crippen molar-refractivity contribution in [3.8, 4) is 0 Å². The minimum absolute atomic E-state index is 0.649. The minimum Gasteiger partial charge on any atom is -0.397 e. The van der Waals surface area contributed by atoms with Crippen LogP contribution in [-0.4, -0.2) is 24.4 Å². The molecule has 0 spiro atoms. The van der Waals surface area contributed by atoms with E-state index in [-0.39, 0.29) is 0 Å². The van der Waals surface area contributed by atoms with E-state index in [2.05, 4.69) is 21.2 Å². The number of fused-ring (bicyclic) bond motifs is 2. The lowest BCUT2D eigenvalue weighted by Gasteiger charge is -2.03. The Bertz CT molecular complexity index is 904. The zero-order valence-corrected chi connectivity index (χ0v) is 10.6. The Hall–Kier alpha value is -2.89. The fourth-order valence-electron chi connectivity index (χ4n) is 2.39. The molecule has 0 radical (unpaired) electrons. The maximum absolute atomic E-state index is 5.91. The predicted molar refractivity (Wildman–Crippen MR) is 76.2 cm³/mol. The lowest BCUT2D eigenvalue weighted by atomic mass is 10.2. The van der Waals surface area contributed by atoms with Gasteiger partial charge in [-0.3, -0.25) is 9.67 Å². The van der Waals surface area contributed by atoms with Crippen molar-refractivity contribution in [1.29, 1.82) is 0 Å². The van der Waals surface area contributed by atoms with Crippen molar-refractivity contribution in [3.63, 3.8) is 0 Å². The quantitative estimate of drug-likeness (QED) is 0.598. The normalized spacial score (nSPS) is 11.4. The van der Waals surface area contributed by atoms with Crippen LogP contribution in [0, 0.1) is 0 Å².